The number of aliphatic hydroxyl groups excluding tert-OH is 10. The van der Waals surface area contributed by atoms with Crippen LogP contribution in [0.4, 0.5) is 0 Å². The van der Waals surface area contributed by atoms with Crippen molar-refractivity contribution >= 4 is 5.76 Å². The zero-order valence-electron chi connectivity index (χ0n) is 22.9. The van der Waals surface area contributed by atoms with E-state index in [0.29, 0.717) is 0 Å². The predicted molar refractivity (Wildman–Crippen MR) is 144 cm³/mol. The van der Waals surface area contributed by atoms with Gasteiger partial charge in [0.1, 0.15) is 85.1 Å². The van der Waals surface area contributed by atoms with Crippen molar-refractivity contribution in [2.75, 3.05) is 26.4 Å². The fraction of sp³-hybridized carbons (Fsp3) is 0.481. The third kappa shape index (κ3) is 7.90. The van der Waals surface area contributed by atoms with Gasteiger partial charge in [0.2, 0.25) is 0 Å². The molecule has 0 saturated heterocycles. The molecule has 8 atom stereocenters. The van der Waals surface area contributed by atoms with Gasteiger partial charge in [-0.2, -0.15) is 0 Å². The summed E-state index contributed by atoms with van der Waals surface area (Å²) in [6.07, 6.45) is -15.3. The lowest BCUT2D eigenvalue weighted by molar-refractivity contribution is -0.125. The lowest BCUT2D eigenvalue weighted by atomic mass is 10.0. The normalized spacial score (nSPS) is 18.7. The minimum atomic E-state index is -1.98. The van der Waals surface area contributed by atoms with Gasteiger partial charge in [-0.1, -0.05) is 0 Å². The van der Waals surface area contributed by atoms with Crippen molar-refractivity contribution in [3.05, 3.63) is 41.2 Å². The quantitative estimate of drug-likeness (QED) is 0.0834. The molecule has 1 heterocycles. The highest BCUT2D eigenvalue weighted by Crippen LogP contribution is 2.45. The fourth-order valence-corrected chi connectivity index (χ4v) is 4.16. The Kier molecular flexibility index (Phi) is 11.8. The molecule has 246 valence electrons. The van der Waals surface area contributed by atoms with E-state index in [1.54, 1.807) is 0 Å². The predicted octanol–water partition coefficient (Wildman–Crippen LogP) is -3.92. The lowest BCUT2D eigenvalue weighted by Crippen LogP contribution is -2.47. The van der Waals surface area contributed by atoms with Crippen LogP contribution in [-0.4, -0.2) is 147 Å². The summed E-state index contributed by atoms with van der Waals surface area (Å²) in [5.74, 6) is -3.31. The molecule has 2 aromatic rings. The molecule has 0 unspecified atom stereocenters. The molecule has 0 aliphatic carbocycles. The van der Waals surface area contributed by atoms with E-state index in [1.165, 1.54) is 0 Å². The Hall–Kier alpha value is -3.62. The van der Waals surface area contributed by atoms with E-state index in [2.05, 4.69) is 0 Å². The van der Waals surface area contributed by atoms with Gasteiger partial charge < -0.3 is 85.7 Å². The van der Waals surface area contributed by atoms with E-state index in [1.807, 2.05) is 0 Å². The highest BCUT2D eigenvalue weighted by Gasteiger charge is 2.34. The van der Waals surface area contributed by atoms with Crippen molar-refractivity contribution in [3.8, 4) is 34.5 Å². The van der Waals surface area contributed by atoms with Gasteiger partial charge in [0.15, 0.2) is 23.0 Å². The number of allylic oxidation sites excluding steroid dienone is 1. The largest absolute Gasteiger partial charge is 0.508 e. The number of aliphatic hydroxyl groups is 10. The van der Waals surface area contributed by atoms with Crippen LogP contribution in [0.25, 0.3) is 5.76 Å². The number of phenolic OH excluding ortho intramolecular Hbond substituents is 4. The summed E-state index contributed by atoms with van der Waals surface area (Å²) in [4.78, 5) is 0. The topological polar surface area (TPSA) is 311 Å². The summed E-state index contributed by atoms with van der Waals surface area (Å²) < 4.78 is 17.1. The average Bonchev–Trinajstić information content (AvgIpc) is 3.01. The molecule has 0 amide bonds. The Bertz CT molecular complexity index is 1280. The Balaban J connectivity index is 1.94. The van der Waals surface area contributed by atoms with Crippen molar-refractivity contribution in [2.24, 2.45) is 0 Å². The van der Waals surface area contributed by atoms with Crippen molar-refractivity contribution in [2.45, 2.75) is 55.3 Å². The van der Waals surface area contributed by atoms with Crippen molar-refractivity contribution < 1.29 is 85.7 Å². The number of ether oxygens (including phenoxy) is 3. The first-order valence-electron chi connectivity index (χ1n) is 13.1. The summed E-state index contributed by atoms with van der Waals surface area (Å²) >= 11 is 0. The van der Waals surface area contributed by atoms with Gasteiger partial charge in [0.05, 0.1) is 13.2 Å². The molecule has 1 aliphatic rings. The average molecular weight is 633 g/mol. The SMILES string of the molecule is OC[C@@H](O)[C@@H](O)[C@H](O)[C@@H](O)COC1=C(c2cc(O)c(O)c(O)c2)Oc2cc(O)cc(OC[C@H](O)[C@@H](O)[C@H](O)[C@H](O)CO)c2C1. The molecule has 17 nitrogen and oxygen atoms in total. The molecule has 0 saturated carbocycles. The van der Waals surface area contributed by atoms with Crippen LogP contribution < -0.4 is 9.47 Å². The van der Waals surface area contributed by atoms with Gasteiger partial charge in [0, 0.05) is 29.7 Å². The van der Waals surface area contributed by atoms with E-state index >= 15 is 0 Å². The number of rotatable bonds is 15. The molecule has 14 N–H and O–H groups in total. The van der Waals surface area contributed by atoms with Gasteiger partial charge >= 0.3 is 0 Å². The molecule has 0 aromatic heterocycles. The fourth-order valence-electron chi connectivity index (χ4n) is 4.16. The van der Waals surface area contributed by atoms with Crippen LogP contribution in [0.2, 0.25) is 0 Å². The van der Waals surface area contributed by atoms with Gasteiger partial charge in [-0.3, -0.25) is 0 Å². The molecule has 3 rings (SSSR count). The van der Waals surface area contributed by atoms with Crippen molar-refractivity contribution in [3.63, 3.8) is 0 Å². The van der Waals surface area contributed by atoms with Crippen LogP contribution in [0.1, 0.15) is 11.1 Å². The van der Waals surface area contributed by atoms with Gasteiger partial charge in [-0.05, 0) is 12.1 Å². The van der Waals surface area contributed by atoms with Crippen LogP contribution in [0.15, 0.2) is 30.0 Å². The van der Waals surface area contributed by atoms with Crippen LogP contribution >= 0.6 is 0 Å². The van der Waals surface area contributed by atoms with Crippen LogP contribution in [0.5, 0.6) is 34.5 Å². The summed E-state index contributed by atoms with van der Waals surface area (Å²) in [6.45, 7) is -3.26. The number of hydrogen-bond acceptors (Lipinski definition) is 17. The summed E-state index contributed by atoms with van der Waals surface area (Å²) in [7, 11) is 0. The molecule has 44 heavy (non-hydrogen) atoms. The third-order valence-electron chi connectivity index (χ3n) is 6.78. The zero-order valence-corrected chi connectivity index (χ0v) is 22.9. The maximum atomic E-state index is 10.4. The van der Waals surface area contributed by atoms with E-state index in [0.717, 1.165) is 24.3 Å². The minimum Gasteiger partial charge on any atom is -0.508 e. The Labute approximate surface area is 249 Å². The number of phenols is 4. The first kappa shape index (κ1) is 34.9. The monoisotopic (exact) mass is 632 g/mol. The van der Waals surface area contributed by atoms with Gasteiger partial charge in [0.25, 0.3) is 0 Å². The maximum absolute atomic E-state index is 10.4. The summed E-state index contributed by atoms with van der Waals surface area (Å²) in [5.41, 5.74) is 0.0854. The smallest absolute Gasteiger partial charge is 0.200 e. The molecule has 0 radical (unpaired) electrons. The molecule has 17 heteroatoms. The summed E-state index contributed by atoms with van der Waals surface area (Å²) in [5, 5.41) is 138. The van der Waals surface area contributed by atoms with E-state index in [9.17, 15) is 61.3 Å². The second kappa shape index (κ2) is 14.9. The summed E-state index contributed by atoms with van der Waals surface area (Å²) in [6, 6.07) is 4.24. The molecular formula is C27H36O17. The van der Waals surface area contributed by atoms with E-state index in [4.69, 9.17) is 24.4 Å². The van der Waals surface area contributed by atoms with Gasteiger partial charge in [-0.15, -0.1) is 0 Å². The number of hydrogen-bond donors (Lipinski definition) is 14. The highest BCUT2D eigenvalue weighted by atomic mass is 16.5. The standard InChI is InChI=1S/C27H36O17/c28-6-15(33)23(38)25(40)17(35)8-42-19-3-11(30)4-20-12(19)5-21(43-9-18(36)26(41)24(39)16(34)7-29)27(44-20)10-1-13(31)22(37)14(32)2-10/h1-4,15-18,23-26,28-41H,5-9H2/t15-,16-,17+,18+,23-,24-,25-,26-/m1/s1. The van der Waals surface area contributed by atoms with Crippen molar-refractivity contribution in [1.29, 1.82) is 0 Å². The Morgan fingerprint density at radius 1 is 0.636 bits per heavy atom. The van der Waals surface area contributed by atoms with Crippen LogP contribution in [0.3, 0.4) is 0 Å². The molecule has 2 aromatic carbocycles. The first-order chi connectivity index (χ1) is 20.7. The second-order valence-electron chi connectivity index (χ2n) is 10.0. The molecule has 0 spiro atoms. The van der Waals surface area contributed by atoms with Crippen molar-refractivity contribution in [1.82, 2.24) is 0 Å². The Morgan fingerprint density at radius 3 is 1.61 bits per heavy atom. The highest BCUT2D eigenvalue weighted by molar-refractivity contribution is 5.72. The number of benzene rings is 2. The Morgan fingerprint density at radius 2 is 1.11 bits per heavy atom. The lowest BCUT2D eigenvalue weighted by Gasteiger charge is -2.29. The molecule has 0 bridgehead atoms. The maximum Gasteiger partial charge on any atom is 0.200 e. The van der Waals surface area contributed by atoms with Gasteiger partial charge in [-0.25, -0.2) is 0 Å². The molecular weight excluding hydrogens is 596 g/mol. The molecule has 0 fully saturated rings. The van der Waals surface area contributed by atoms with Crippen LogP contribution in [0, 0.1) is 0 Å². The number of fused-ring (bicyclic) bond motifs is 1. The van der Waals surface area contributed by atoms with Crippen LogP contribution in [-0.2, 0) is 11.2 Å². The molecule has 1 aliphatic heterocycles. The number of aromatic hydroxyl groups is 4. The van der Waals surface area contributed by atoms with E-state index in [-0.39, 0.29) is 40.6 Å². The zero-order chi connectivity index (χ0) is 32.9. The van der Waals surface area contributed by atoms with E-state index < -0.39 is 98.3 Å². The third-order valence-corrected chi connectivity index (χ3v) is 6.78. The first-order valence-corrected chi connectivity index (χ1v) is 13.1. The minimum absolute atomic E-state index is 0.0648. The second-order valence-corrected chi connectivity index (χ2v) is 10.0.